The SMILES string of the molecule is Nc1ccc(C(=O)CC2CCCC2)c(Cl)c1. The zero-order chi connectivity index (χ0) is 11.5. The number of carbonyl (C=O) groups is 1. The second-order valence-electron chi connectivity index (χ2n) is 4.52. The van der Waals surface area contributed by atoms with Crippen molar-refractivity contribution in [3.63, 3.8) is 0 Å². The molecule has 0 aliphatic heterocycles. The second kappa shape index (κ2) is 4.88. The number of ketones is 1. The average Bonchev–Trinajstić information content (AvgIpc) is 2.70. The molecule has 1 aliphatic carbocycles. The van der Waals surface area contributed by atoms with Gasteiger partial charge in [0.15, 0.2) is 5.78 Å². The minimum atomic E-state index is 0.150. The Kier molecular flexibility index (Phi) is 3.49. The van der Waals surface area contributed by atoms with E-state index < -0.39 is 0 Å². The summed E-state index contributed by atoms with van der Waals surface area (Å²) in [5, 5.41) is 0.475. The molecule has 1 aromatic rings. The number of anilines is 1. The van der Waals surface area contributed by atoms with Gasteiger partial charge in [-0.25, -0.2) is 0 Å². The fourth-order valence-corrected chi connectivity index (χ4v) is 2.64. The highest BCUT2D eigenvalue weighted by atomic mass is 35.5. The van der Waals surface area contributed by atoms with Gasteiger partial charge < -0.3 is 5.73 Å². The quantitative estimate of drug-likeness (QED) is 0.644. The van der Waals surface area contributed by atoms with Crippen molar-refractivity contribution in [1.29, 1.82) is 0 Å². The van der Waals surface area contributed by atoms with E-state index in [1.807, 2.05) is 0 Å². The van der Waals surface area contributed by atoms with E-state index in [1.165, 1.54) is 25.7 Å². The first kappa shape index (κ1) is 11.5. The van der Waals surface area contributed by atoms with E-state index in [1.54, 1.807) is 18.2 Å². The molecule has 1 aromatic carbocycles. The van der Waals surface area contributed by atoms with E-state index in [2.05, 4.69) is 0 Å². The van der Waals surface area contributed by atoms with Gasteiger partial charge in [0, 0.05) is 17.7 Å². The molecule has 0 atom stereocenters. The standard InChI is InChI=1S/C13H16ClNO/c14-12-8-10(15)5-6-11(12)13(16)7-9-3-1-2-4-9/h5-6,8-9H,1-4,7,15H2. The van der Waals surface area contributed by atoms with Crippen LogP contribution in [0.2, 0.25) is 5.02 Å². The molecule has 1 fully saturated rings. The zero-order valence-electron chi connectivity index (χ0n) is 9.21. The summed E-state index contributed by atoms with van der Waals surface area (Å²) in [5.74, 6) is 0.706. The molecule has 0 heterocycles. The molecule has 2 N–H and O–H groups in total. The van der Waals surface area contributed by atoms with Crippen LogP contribution in [0.15, 0.2) is 18.2 Å². The van der Waals surface area contributed by atoms with E-state index in [0.717, 1.165) is 0 Å². The maximum Gasteiger partial charge on any atom is 0.164 e. The first-order chi connectivity index (χ1) is 7.66. The number of hydrogen-bond donors (Lipinski definition) is 1. The average molecular weight is 238 g/mol. The Hall–Kier alpha value is -1.02. The number of halogens is 1. The summed E-state index contributed by atoms with van der Waals surface area (Å²) >= 11 is 6.01. The number of hydrogen-bond acceptors (Lipinski definition) is 2. The van der Waals surface area contributed by atoms with Crippen molar-refractivity contribution in [3.05, 3.63) is 28.8 Å². The topological polar surface area (TPSA) is 43.1 Å². The molecule has 2 rings (SSSR count). The van der Waals surface area contributed by atoms with Crippen molar-refractivity contribution in [2.45, 2.75) is 32.1 Å². The Bertz CT molecular complexity index is 397. The van der Waals surface area contributed by atoms with Gasteiger partial charge in [0.05, 0.1) is 5.02 Å². The lowest BCUT2D eigenvalue weighted by Gasteiger charge is -2.09. The van der Waals surface area contributed by atoms with E-state index in [0.29, 0.717) is 28.6 Å². The first-order valence-corrected chi connectivity index (χ1v) is 6.13. The van der Waals surface area contributed by atoms with Crippen LogP contribution in [0.3, 0.4) is 0 Å². The van der Waals surface area contributed by atoms with E-state index in [-0.39, 0.29) is 5.78 Å². The highest BCUT2D eigenvalue weighted by molar-refractivity contribution is 6.34. The smallest absolute Gasteiger partial charge is 0.164 e. The van der Waals surface area contributed by atoms with Crippen LogP contribution in [0.25, 0.3) is 0 Å². The number of rotatable bonds is 3. The predicted molar refractivity (Wildman–Crippen MR) is 66.8 cm³/mol. The molecule has 0 unspecified atom stereocenters. The van der Waals surface area contributed by atoms with Crippen LogP contribution in [-0.4, -0.2) is 5.78 Å². The van der Waals surface area contributed by atoms with Crippen molar-refractivity contribution in [2.75, 3.05) is 5.73 Å². The molecule has 0 radical (unpaired) electrons. The third-order valence-electron chi connectivity index (χ3n) is 3.24. The molecular formula is C13H16ClNO. The van der Waals surface area contributed by atoms with Crippen LogP contribution in [0.5, 0.6) is 0 Å². The summed E-state index contributed by atoms with van der Waals surface area (Å²) < 4.78 is 0. The number of carbonyl (C=O) groups excluding carboxylic acids is 1. The van der Waals surface area contributed by atoms with Crippen LogP contribution in [-0.2, 0) is 0 Å². The Morgan fingerprint density at radius 2 is 2.06 bits per heavy atom. The molecule has 0 spiro atoms. The maximum atomic E-state index is 12.0. The van der Waals surface area contributed by atoms with Crippen LogP contribution >= 0.6 is 11.6 Å². The molecule has 2 nitrogen and oxygen atoms in total. The lowest BCUT2D eigenvalue weighted by molar-refractivity contribution is 0.0962. The molecule has 16 heavy (non-hydrogen) atoms. The molecule has 1 saturated carbocycles. The predicted octanol–water partition coefficient (Wildman–Crippen LogP) is 3.69. The van der Waals surface area contributed by atoms with Crippen LogP contribution < -0.4 is 5.73 Å². The van der Waals surface area contributed by atoms with Crippen molar-refractivity contribution < 1.29 is 4.79 Å². The summed E-state index contributed by atoms with van der Waals surface area (Å²) in [6, 6.07) is 5.10. The third kappa shape index (κ3) is 2.56. The molecule has 86 valence electrons. The number of Topliss-reactive ketones (excluding diaryl/α,β-unsaturated/α-hetero) is 1. The summed E-state index contributed by atoms with van der Waals surface area (Å²) in [7, 11) is 0. The highest BCUT2D eigenvalue weighted by Crippen LogP contribution is 2.30. The zero-order valence-corrected chi connectivity index (χ0v) is 9.96. The molecule has 0 bridgehead atoms. The number of nitrogens with two attached hydrogens (primary N) is 1. The Morgan fingerprint density at radius 3 is 2.69 bits per heavy atom. The fourth-order valence-electron chi connectivity index (χ4n) is 2.34. The Morgan fingerprint density at radius 1 is 1.38 bits per heavy atom. The summed E-state index contributed by atoms with van der Waals surface area (Å²) in [6.45, 7) is 0. The Labute approximate surface area is 101 Å². The van der Waals surface area contributed by atoms with Gasteiger partial charge in [0.25, 0.3) is 0 Å². The monoisotopic (exact) mass is 237 g/mol. The van der Waals surface area contributed by atoms with Crippen molar-refractivity contribution in [1.82, 2.24) is 0 Å². The number of benzene rings is 1. The second-order valence-corrected chi connectivity index (χ2v) is 4.92. The maximum absolute atomic E-state index is 12.0. The van der Waals surface area contributed by atoms with Crippen LogP contribution in [0, 0.1) is 5.92 Å². The molecule has 1 aliphatic rings. The summed E-state index contributed by atoms with van der Waals surface area (Å²) in [4.78, 5) is 12.0. The minimum Gasteiger partial charge on any atom is -0.399 e. The molecular weight excluding hydrogens is 222 g/mol. The lowest BCUT2D eigenvalue weighted by atomic mass is 9.97. The van der Waals surface area contributed by atoms with Gasteiger partial charge in [0.2, 0.25) is 0 Å². The molecule has 0 amide bonds. The third-order valence-corrected chi connectivity index (χ3v) is 3.56. The van der Waals surface area contributed by atoms with Gasteiger partial charge in [-0.3, -0.25) is 4.79 Å². The first-order valence-electron chi connectivity index (χ1n) is 5.75. The van der Waals surface area contributed by atoms with Gasteiger partial charge in [-0.15, -0.1) is 0 Å². The molecule has 3 heteroatoms. The minimum absolute atomic E-state index is 0.150. The highest BCUT2D eigenvalue weighted by Gasteiger charge is 2.20. The molecule has 0 saturated heterocycles. The van der Waals surface area contributed by atoms with Gasteiger partial charge in [-0.1, -0.05) is 37.3 Å². The largest absolute Gasteiger partial charge is 0.399 e. The lowest BCUT2D eigenvalue weighted by Crippen LogP contribution is -2.06. The molecule has 0 aromatic heterocycles. The van der Waals surface area contributed by atoms with Crippen LogP contribution in [0.1, 0.15) is 42.5 Å². The van der Waals surface area contributed by atoms with Crippen molar-refractivity contribution in [3.8, 4) is 0 Å². The Balaban J connectivity index is 2.08. The summed E-state index contributed by atoms with van der Waals surface area (Å²) in [6.07, 6.45) is 5.50. The van der Waals surface area contributed by atoms with Gasteiger partial charge in [-0.05, 0) is 24.1 Å². The van der Waals surface area contributed by atoms with Gasteiger partial charge in [0.1, 0.15) is 0 Å². The van der Waals surface area contributed by atoms with E-state index >= 15 is 0 Å². The van der Waals surface area contributed by atoms with Crippen molar-refractivity contribution >= 4 is 23.1 Å². The fraction of sp³-hybridized carbons (Fsp3) is 0.462. The van der Waals surface area contributed by atoms with Crippen molar-refractivity contribution in [2.24, 2.45) is 5.92 Å². The van der Waals surface area contributed by atoms with E-state index in [4.69, 9.17) is 17.3 Å². The van der Waals surface area contributed by atoms with Gasteiger partial charge >= 0.3 is 0 Å². The normalized spacial score (nSPS) is 16.6. The number of nitrogen functional groups attached to an aromatic ring is 1. The van der Waals surface area contributed by atoms with E-state index in [9.17, 15) is 4.79 Å². The van der Waals surface area contributed by atoms with Gasteiger partial charge in [-0.2, -0.15) is 0 Å². The van der Waals surface area contributed by atoms with Crippen LogP contribution in [0.4, 0.5) is 5.69 Å². The summed E-state index contributed by atoms with van der Waals surface area (Å²) in [5.41, 5.74) is 6.81.